The summed E-state index contributed by atoms with van der Waals surface area (Å²) in [5.41, 5.74) is 1.84. The number of aliphatic hydroxyl groups is 2. The lowest BCUT2D eigenvalue weighted by Gasteiger charge is -2.23. The first-order chi connectivity index (χ1) is 14.7. The molecule has 1 fully saturated rings. The van der Waals surface area contributed by atoms with Crippen LogP contribution in [0.4, 0.5) is 0 Å². The molecular formula is C27H39NO3. The fourth-order valence-electron chi connectivity index (χ4n) is 5.09. The first kappa shape index (κ1) is 23.7. The SMILES string of the molecule is CN(C)C(=O)CCCCC1=C[C@H]2C[C@@H](O)[C@H](C=C[C@@](C)(O)CCc3ccccc3)[C@H]2C1. The molecule has 1 aromatic carbocycles. The predicted octanol–water partition coefficient (Wildman–Crippen LogP) is 4.52. The number of rotatable bonds is 10. The zero-order chi connectivity index (χ0) is 22.4. The molecule has 1 saturated carbocycles. The maximum absolute atomic E-state index is 11.7. The quantitative estimate of drug-likeness (QED) is 0.428. The van der Waals surface area contributed by atoms with Crippen molar-refractivity contribution in [3.63, 3.8) is 0 Å². The van der Waals surface area contributed by atoms with Gasteiger partial charge in [0.1, 0.15) is 0 Å². The second-order valence-electron chi connectivity index (χ2n) is 9.93. The van der Waals surface area contributed by atoms with Crippen LogP contribution in [0.15, 0.2) is 54.1 Å². The topological polar surface area (TPSA) is 60.8 Å². The molecule has 31 heavy (non-hydrogen) atoms. The van der Waals surface area contributed by atoms with Crippen molar-refractivity contribution >= 4 is 5.91 Å². The van der Waals surface area contributed by atoms with Crippen molar-refractivity contribution in [2.45, 2.75) is 70.0 Å². The van der Waals surface area contributed by atoms with Crippen LogP contribution in [0.1, 0.15) is 57.4 Å². The zero-order valence-electron chi connectivity index (χ0n) is 19.3. The maximum atomic E-state index is 11.7. The average Bonchev–Trinajstić information content (AvgIpc) is 3.25. The number of carbonyl (C=O) groups is 1. The summed E-state index contributed by atoms with van der Waals surface area (Å²) in [6.45, 7) is 1.86. The van der Waals surface area contributed by atoms with E-state index in [9.17, 15) is 15.0 Å². The van der Waals surface area contributed by atoms with Gasteiger partial charge in [-0.05, 0) is 69.3 Å². The fourth-order valence-corrected chi connectivity index (χ4v) is 5.09. The third-order valence-electron chi connectivity index (χ3n) is 7.03. The molecule has 2 aliphatic rings. The highest BCUT2D eigenvalue weighted by Gasteiger charge is 2.43. The van der Waals surface area contributed by atoms with Crippen molar-refractivity contribution in [3.05, 3.63) is 59.7 Å². The summed E-state index contributed by atoms with van der Waals surface area (Å²) in [6.07, 6.45) is 13.0. The summed E-state index contributed by atoms with van der Waals surface area (Å²) in [7, 11) is 3.61. The highest BCUT2D eigenvalue weighted by Crippen LogP contribution is 2.48. The molecule has 5 atom stereocenters. The van der Waals surface area contributed by atoms with E-state index in [2.05, 4.69) is 24.3 Å². The Hall–Kier alpha value is -1.91. The Kier molecular flexibility index (Phi) is 8.12. The van der Waals surface area contributed by atoms with E-state index in [0.717, 1.165) is 38.5 Å². The molecular weight excluding hydrogens is 386 g/mol. The van der Waals surface area contributed by atoms with Crippen LogP contribution in [0, 0.1) is 17.8 Å². The van der Waals surface area contributed by atoms with Gasteiger partial charge in [-0.25, -0.2) is 0 Å². The number of carbonyl (C=O) groups excluding carboxylic acids is 1. The Morgan fingerprint density at radius 3 is 2.65 bits per heavy atom. The van der Waals surface area contributed by atoms with Crippen molar-refractivity contribution in [2.24, 2.45) is 17.8 Å². The molecule has 4 nitrogen and oxygen atoms in total. The average molecular weight is 426 g/mol. The minimum absolute atomic E-state index is 0.109. The summed E-state index contributed by atoms with van der Waals surface area (Å²) in [5.74, 6) is 1.19. The number of nitrogens with zero attached hydrogens (tertiary/aromatic N) is 1. The molecule has 1 amide bonds. The van der Waals surface area contributed by atoms with Gasteiger partial charge in [0.2, 0.25) is 5.91 Å². The van der Waals surface area contributed by atoms with E-state index in [1.54, 1.807) is 19.0 Å². The van der Waals surface area contributed by atoms with Crippen molar-refractivity contribution in [3.8, 4) is 0 Å². The molecule has 0 saturated heterocycles. The molecule has 0 unspecified atom stereocenters. The molecule has 0 aliphatic heterocycles. The summed E-state index contributed by atoms with van der Waals surface area (Å²) < 4.78 is 0. The Labute approximate surface area is 187 Å². The monoisotopic (exact) mass is 425 g/mol. The molecule has 0 bridgehead atoms. The van der Waals surface area contributed by atoms with E-state index in [0.29, 0.717) is 24.7 Å². The molecule has 0 aromatic heterocycles. The van der Waals surface area contributed by atoms with Gasteiger partial charge in [0.15, 0.2) is 0 Å². The number of unbranched alkanes of at least 4 members (excludes halogenated alkanes) is 1. The Morgan fingerprint density at radius 1 is 1.19 bits per heavy atom. The maximum Gasteiger partial charge on any atom is 0.222 e. The van der Waals surface area contributed by atoms with Gasteiger partial charge in [-0.1, -0.05) is 54.1 Å². The van der Waals surface area contributed by atoms with E-state index >= 15 is 0 Å². The van der Waals surface area contributed by atoms with E-state index in [1.165, 1.54) is 11.1 Å². The van der Waals surface area contributed by atoms with E-state index in [-0.39, 0.29) is 17.9 Å². The van der Waals surface area contributed by atoms with Crippen molar-refractivity contribution < 1.29 is 15.0 Å². The van der Waals surface area contributed by atoms with Crippen molar-refractivity contribution in [2.75, 3.05) is 14.1 Å². The highest BCUT2D eigenvalue weighted by molar-refractivity contribution is 5.75. The lowest BCUT2D eigenvalue weighted by atomic mass is 9.87. The minimum Gasteiger partial charge on any atom is -0.392 e. The molecule has 0 radical (unpaired) electrons. The van der Waals surface area contributed by atoms with Crippen LogP contribution in [0.25, 0.3) is 0 Å². The third-order valence-corrected chi connectivity index (χ3v) is 7.03. The summed E-state index contributed by atoms with van der Waals surface area (Å²) in [4.78, 5) is 13.4. The van der Waals surface area contributed by atoms with Crippen LogP contribution in [0.3, 0.4) is 0 Å². The number of hydrogen-bond acceptors (Lipinski definition) is 3. The summed E-state index contributed by atoms with van der Waals surface area (Å²) in [5, 5.41) is 21.4. The minimum atomic E-state index is -0.874. The molecule has 2 N–H and O–H groups in total. The normalized spacial score (nSPS) is 27.2. The number of aryl methyl sites for hydroxylation is 1. The van der Waals surface area contributed by atoms with E-state index in [1.807, 2.05) is 31.2 Å². The van der Waals surface area contributed by atoms with Crippen LogP contribution in [0.5, 0.6) is 0 Å². The second kappa shape index (κ2) is 10.6. The molecule has 2 aliphatic carbocycles. The Morgan fingerprint density at radius 2 is 1.94 bits per heavy atom. The van der Waals surface area contributed by atoms with Gasteiger partial charge in [0.05, 0.1) is 11.7 Å². The fraction of sp³-hybridized carbons (Fsp3) is 0.593. The van der Waals surface area contributed by atoms with Gasteiger partial charge < -0.3 is 15.1 Å². The van der Waals surface area contributed by atoms with Crippen molar-refractivity contribution in [1.29, 1.82) is 0 Å². The van der Waals surface area contributed by atoms with E-state index < -0.39 is 5.60 Å². The van der Waals surface area contributed by atoms with Crippen LogP contribution in [-0.4, -0.2) is 46.8 Å². The van der Waals surface area contributed by atoms with Crippen LogP contribution in [-0.2, 0) is 11.2 Å². The Bertz CT molecular complexity index is 781. The molecule has 0 spiro atoms. The van der Waals surface area contributed by atoms with Crippen LogP contribution < -0.4 is 0 Å². The lowest BCUT2D eigenvalue weighted by Crippen LogP contribution is -2.24. The van der Waals surface area contributed by atoms with Gasteiger partial charge >= 0.3 is 0 Å². The smallest absolute Gasteiger partial charge is 0.222 e. The number of fused-ring (bicyclic) bond motifs is 1. The van der Waals surface area contributed by atoms with Crippen LogP contribution >= 0.6 is 0 Å². The molecule has 0 heterocycles. The van der Waals surface area contributed by atoms with Gasteiger partial charge in [-0.3, -0.25) is 4.79 Å². The second-order valence-corrected chi connectivity index (χ2v) is 9.93. The van der Waals surface area contributed by atoms with Crippen LogP contribution in [0.2, 0.25) is 0 Å². The van der Waals surface area contributed by atoms with Gasteiger partial charge in [-0.2, -0.15) is 0 Å². The predicted molar refractivity (Wildman–Crippen MR) is 125 cm³/mol. The standard InChI is InChI=1S/C27H39NO3/c1-27(31,15-13-20-9-5-4-6-10-20)16-14-23-24-18-21(17-22(24)19-25(23)29)11-7-8-12-26(30)28(2)3/h4-6,9-10,14,16-17,22-25,29,31H,7-8,11-13,15,18-19H2,1-3H3/t22-,23+,24-,25+,27-/m0/s1. The molecule has 4 heteroatoms. The highest BCUT2D eigenvalue weighted by atomic mass is 16.3. The van der Waals surface area contributed by atoms with Crippen molar-refractivity contribution in [1.82, 2.24) is 4.90 Å². The van der Waals surface area contributed by atoms with Gasteiger partial charge in [-0.15, -0.1) is 0 Å². The third kappa shape index (κ3) is 6.78. The molecule has 1 aromatic rings. The molecule has 170 valence electrons. The van der Waals surface area contributed by atoms with E-state index in [4.69, 9.17) is 0 Å². The number of benzene rings is 1. The number of amides is 1. The first-order valence-electron chi connectivity index (χ1n) is 11.8. The number of allylic oxidation sites excluding steroid dienone is 2. The Balaban J connectivity index is 1.48. The first-order valence-corrected chi connectivity index (χ1v) is 11.8. The number of aliphatic hydroxyl groups excluding tert-OH is 1. The largest absolute Gasteiger partial charge is 0.392 e. The zero-order valence-corrected chi connectivity index (χ0v) is 19.3. The number of hydrogen-bond donors (Lipinski definition) is 2. The molecule has 3 rings (SSSR count). The lowest BCUT2D eigenvalue weighted by molar-refractivity contribution is -0.128. The van der Waals surface area contributed by atoms with Gasteiger partial charge in [0, 0.05) is 26.4 Å². The van der Waals surface area contributed by atoms with Gasteiger partial charge in [0.25, 0.3) is 0 Å². The summed E-state index contributed by atoms with van der Waals surface area (Å²) >= 11 is 0. The summed E-state index contributed by atoms with van der Waals surface area (Å²) in [6, 6.07) is 10.2.